The van der Waals surface area contributed by atoms with Crippen LogP contribution < -0.4 is 5.32 Å². The number of hydrogen-bond donors (Lipinski definition) is 2. The standard InChI is InChI=1S/C13H28N2O3/c1-6-14-13(4,12(16)17)10-11(3)15(5)8-9-18-7-2/h11,14H,6-10H2,1-5H3,(H,16,17). The van der Waals surface area contributed by atoms with Crippen LogP contribution in [0.25, 0.3) is 0 Å². The Morgan fingerprint density at radius 2 is 2.11 bits per heavy atom. The summed E-state index contributed by atoms with van der Waals surface area (Å²) in [5, 5.41) is 12.4. The number of nitrogens with one attached hydrogen (secondary N) is 1. The van der Waals surface area contributed by atoms with Crippen molar-refractivity contribution in [1.29, 1.82) is 0 Å². The van der Waals surface area contributed by atoms with E-state index in [4.69, 9.17) is 4.74 Å². The third-order valence-corrected chi connectivity index (χ3v) is 3.29. The minimum absolute atomic E-state index is 0.186. The fraction of sp³-hybridized carbons (Fsp3) is 0.923. The van der Waals surface area contributed by atoms with E-state index >= 15 is 0 Å². The second kappa shape index (κ2) is 8.45. The molecular formula is C13H28N2O3. The molecule has 0 aliphatic heterocycles. The van der Waals surface area contributed by atoms with Gasteiger partial charge < -0.3 is 20.1 Å². The Balaban J connectivity index is 4.32. The fourth-order valence-electron chi connectivity index (χ4n) is 1.95. The Kier molecular flexibility index (Phi) is 8.15. The van der Waals surface area contributed by atoms with Gasteiger partial charge in [-0.25, -0.2) is 0 Å². The maximum absolute atomic E-state index is 11.3. The van der Waals surface area contributed by atoms with E-state index in [2.05, 4.69) is 10.2 Å². The summed E-state index contributed by atoms with van der Waals surface area (Å²) < 4.78 is 5.31. The smallest absolute Gasteiger partial charge is 0.323 e. The summed E-state index contributed by atoms with van der Waals surface area (Å²) in [5.41, 5.74) is -0.867. The average molecular weight is 260 g/mol. The minimum Gasteiger partial charge on any atom is -0.480 e. The number of ether oxygens (including phenoxy) is 1. The number of likely N-dealkylation sites (N-methyl/N-ethyl adjacent to an activating group) is 2. The zero-order valence-electron chi connectivity index (χ0n) is 12.3. The second-order valence-corrected chi connectivity index (χ2v) is 4.90. The SMILES string of the molecule is CCNC(C)(CC(C)N(C)CCOCC)C(=O)O. The van der Waals surface area contributed by atoms with Gasteiger partial charge in [-0.3, -0.25) is 4.79 Å². The predicted octanol–water partition coefficient (Wildman–Crippen LogP) is 1.19. The molecule has 0 aliphatic rings. The summed E-state index contributed by atoms with van der Waals surface area (Å²) in [5.74, 6) is -0.797. The van der Waals surface area contributed by atoms with E-state index in [0.29, 0.717) is 26.2 Å². The van der Waals surface area contributed by atoms with Crippen molar-refractivity contribution in [1.82, 2.24) is 10.2 Å². The Morgan fingerprint density at radius 1 is 1.50 bits per heavy atom. The highest BCUT2D eigenvalue weighted by Gasteiger charge is 2.34. The first-order valence-corrected chi connectivity index (χ1v) is 6.63. The summed E-state index contributed by atoms with van der Waals surface area (Å²) >= 11 is 0. The van der Waals surface area contributed by atoms with Crippen LogP contribution in [0.5, 0.6) is 0 Å². The molecule has 108 valence electrons. The third-order valence-electron chi connectivity index (χ3n) is 3.29. The molecule has 0 spiro atoms. The highest BCUT2D eigenvalue weighted by Crippen LogP contribution is 2.16. The van der Waals surface area contributed by atoms with Crippen LogP contribution in [0.3, 0.4) is 0 Å². The summed E-state index contributed by atoms with van der Waals surface area (Å²) in [6, 6.07) is 0.186. The summed E-state index contributed by atoms with van der Waals surface area (Å²) in [4.78, 5) is 13.5. The summed E-state index contributed by atoms with van der Waals surface area (Å²) in [7, 11) is 2.00. The van der Waals surface area contributed by atoms with Crippen LogP contribution in [0.1, 0.15) is 34.1 Å². The number of aliphatic carboxylic acids is 1. The van der Waals surface area contributed by atoms with Gasteiger partial charge in [0.05, 0.1) is 6.61 Å². The molecule has 0 aromatic rings. The van der Waals surface area contributed by atoms with E-state index in [-0.39, 0.29) is 6.04 Å². The van der Waals surface area contributed by atoms with Crippen LogP contribution in [0.15, 0.2) is 0 Å². The monoisotopic (exact) mass is 260 g/mol. The van der Waals surface area contributed by atoms with Crippen molar-refractivity contribution in [2.24, 2.45) is 0 Å². The molecule has 0 aromatic heterocycles. The van der Waals surface area contributed by atoms with Crippen LogP contribution >= 0.6 is 0 Å². The van der Waals surface area contributed by atoms with E-state index in [1.54, 1.807) is 6.92 Å². The highest BCUT2D eigenvalue weighted by molar-refractivity contribution is 5.78. The van der Waals surface area contributed by atoms with E-state index in [1.165, 1.54) is 0 Å². The van der Waals surface area contributed by atoms with Gasteiger partial charge in [0.1, 0.15) is 5.54 Å². The minimum atomic E-state index is -0.867. The van der Waals surface area contributed by atoms with Gasteiger partial charge in [0.2, 0.25) is 0 Å². The lowest BCUT2D eigenvalue weighted by Gasteiger charge is -2.33. The van der Waals surface area contributed by atoms with Crippen molar-refractivity contribution in [3.05, 3.63) is 0 Å². The zero-order chi connectivity index (χ0) is 14.2. The van der Waals surface area contributed by atoms with Crippen LogP contribution in [0, 0.1) is 0 Å². The van der Waals surface area contributed by atoms with E-state index in [1.807, 2.05) is 27.8 Å². The molecule has 0 aromatic carbocycles. The molecule has 0 bridgehead atoms. The van der Waals surface area contributed by atoms with Gasteiger partial charge >= 0.3 is 5.97 Å². The third kappa shape index (κ3) is 5.80. The lowest BCUT2D eigenvalue weighted by atomic mass is 9.93. The maximum Gasteiger partial charge on any atom is 0.323 e. The van der Waals surface area contributed by atoms with Crippen molar-refractivity contribution in [3.63, 3.8) is 0 Å². The van der Waals surface area contributed by atoms with Crippen molar-refractivity contribution in [3.8, 4) is 0 Å². The van der Waals surface area contributed by atoms with Crippen molar-refractivity contribution < 1.29 is 14.6 Å². The van der Waals surface area contributed by atoms with Gasteiger partial charge in [-0.15, -0.1) is 0 Å². The van der Waals surface area contributed by atoms with Crippen molar-refractivity contribution in [2.45, 2.75) is 45.7 Å². The molecular weight excluding hydrogens is 232 g/mol. The molecule has 18 heavy (non-hydrogen) atoms. The molecule has 2 unspecified atom stereocenters. The van der Waals surface area contributed by atoms with E-state index < -0.39 is 11.5 Å². The average Bonchev–Trinajstić information content (AvgIpc) is 2.29. The number of nitrogens with zero attached hydrogens (tertiary/aromatic N) is 1. The Hall–Kier alpha value is -0.650. The first-order chi connectivity index (χ1) is 8.37. The molecule has 0 amide bonds. The molecule has 2 N–H and O–H groups in total. The van der Waals surface area contributed by atoms with Gasteiger partial charge in [-0.05, 0) is 40.8 Å². The number of carboxylic acids is 1. The maximum atomic E-state index is 11.3. The van der Waals surface area contributed by atoms with Crippen LogP contribution in [-0.2, 0) is 9.53 Å². The fourth-order valence-corrected chi connectivity index (χ4v) is 1.95. The highest BCUT2D eigenvalue weighted by atomic mass is 16.5. The first-order valence-electron chi connectivity index (χ1n) is 6.63. The largest absolute Gasteiger partial charge is 0.480 e. The Bertz CT molecular complexity index is 248. The van der Waals surface area contributed by atoms with Crippen molar-refractivity contribution in [2.75, 3.05) is 33.4 Å². The second-order valence-electron chi connectivity index (χ2n) is 4.90. The number of carboxylic acid groups (broad SMARTS) is 1. The summed E-state index contributed by atoms with van der Waals surface area (Å²) in [6.07, 6.45) is 0.568. The van der Waals surface area contributed by atoms with Gasteiger partial charge in [-0.2, -0.15) is 0 Å². The number of hydrogen-bond acceptors (Lipinski definition) is 4. The zero-order valence-corrected chi connectivity index (χ0v) is 12.3. The molecule has 0 heterocycles. The van der Waals surface area contributed by atoms with Gasteiger partial charge in [0, 0.05) is 19.2 Å². The quantitative estimate of drug-likeness (QED) is 0.578. The van der Waals surface area contributed by atoms with E-state index in [9.17, 15) is 9.90 Å². The van der Waals surface area contributed by atoms with Crippen LogP contribution in [0.2, 0.25) is 0 Å². The molecule has 0 saturated heterocycles. The number of carbonyl (C=O) groups is 1. The molecule has 0 aliphatic carbocycles. The summed E-state index contributed by atoms with van der Waals surface area (Å²) in [6.45, 7) is 10.5. The Morgan fingerprint density at radius 3 is 2.56 bits per heavy atom. The molecule has 0 rings (SSSR count). The van der Waals surface area contributed by atoms with Crippen LogP contribution in [0.4, 0.5) is 0 Å². The topological polar surface area (TPSA) is 61.8 Å². The first kappa shape index (κ1) is 17.4. The molecule has 5 heteroatoms. The van der Waals surface area contributed by atoms with Gasteiger partial charge in [-0.1, -0.05) is 6.92 Å². The molecule has 0 radical (unpaired) electrons. The number of rotatable bonds is 10. The normalized spacial score (nSPS) is 16.6. The van der Waals surface area contributed by atoms with Gasteiger partial charge in [0.15, 0.2) is 0 Å². The molecule has 0 fully saturated rings. The molecule has 5 nitrogen and oxygen atoms in total. The lowest BCUT2D eigenvalue weighted by Crippen LogP contribution is -2.53. The van der Waals surface area contributed by atoms with Gasteiger partial charge in [0.25, 0.3) is 0 Å². The molecule has 2 atom stereocenters. The Labute approximate surface area is 110 Å². The van der Waals surface area contributed by atoms with Crippen molar-refractivity contribution >= 4 is 5.97 Å². The predicted molar refractivity (Wildman–Crippen MR) is 72.9 cm³/mol. The van der Waals surface area contributed by atoms with E-state index in [0.717, 1.165) is 6.54 Å². The molecule has 0 saturated carbocycles. The lowest BCUT2D eigenvalue weighted by molar-refractivity contribution is -0.145. The van der Waals surface area contributed by atoms with Crippen LogP contribution in [-0.4, -0.2) is 60.9 Å².